The van der Waals surface area contributed by atoms with Gasteiger partial charge in [-0.2, -0.15) is 5.26 Å². The fourth-order valence-corrected chi connectivity index (χ4v) is 1.63. The Morgan fingerprint density at radius 1 is 1.39 bits per heavy atom. The van der Waals surface area contributed by atoms with Crippen LogP contribution in [0.25, 0.3) is 11.1 Å². The molecule has 0 fully saturated rings. The number of carboxylic acid groups (broad SMARTS) is 1. The quantitative estimate of drug-likeness (QED) is 0.833. The molecule has 0 radical (unpaired) electrons. The number of nitriles is 1. The molecule has 2 aromatic rings. The van der Waals surface area contributed by atoms with Gasteiger partial charge in [-0.25, -0.2) is 9.78 Å². The van der Waals surface area contributed by atoms with Crippen LogP contribution in [-0.4, -0.2) is 16.1 Å². The van der Waals surface area contributed by atoms with Gasteiger partial charge >= 0.3 is 5.97 Å². The van der Waals surface area contributed by atoms with Gasteiger partial charge in [-0.1, -0.05) is 12.1 Å². The van der Waals surface area contributed by atoms with Crippen molar-refractivity contribution in [3.63, 3.8) is 0 Å². The van der Waals surface area contributed by atoms with Gasteiger partial charge in [0, 0.05) is 11.8 Å². The first kappa shape index (κ1) is 11.6. The molecule has 0 saturated heterocycles. The van der Waals surface area contributed by atoms with Gasteiger partial charge < -0.3 is 10.8 Å². The van der Waals surface area contributed by atoms with Gasteiger partial charge in [0.15, 0.2) is 0 Å². The molecule has 0 unspecified atom stereocenters. The topological polar surface area (TPSA) is 100 Å². The van der Waals surface area contributed by atoms with Crippen LogP contribution < -0.4 is 5.73 Å². The molecule has 0 amide bonds. The SMILES string of the molecule is N#Cc1cccc(-c2cnc(N)cc2C(=O)O)c1. The zero-order chi connectivity index (χ0) is 13.1. The van der Waals surface area contributed by atoms with Crippen molar-refractivity contribution in [2.24, 2.45) is 0 Å². The molecule has 18 heavy (non-hydrogen) atoms. The van der Waals surface area contributed by atoms with Crippen molar-refractivity contribution in [2.45, 2.75) is 0 Å². The van der Waals surface area contributed by atoms with Crippen LogP contribution in [0, 0.1) is 11.3 Å². The number of aromatic nitrogens is 1. The highest BCUT2D eigenvalue weighted by atomic mass is 16.4. The summed E-state index contributed by atoms with van der Waals surface area (Å²) in [5.41, 5.74) is 7.06. The molecule has 0 aliphatic carbocycles. The molecule has 0 atom stereocenters. The number of nitrogens with zero attached hydrogens (tertiary/aromatic N) is 2. The monoisotopic (exact) mass is 239 g/mol. The third-order valence-electron chi connectivity index (χ3n) is 2.46. The number of carbonyl (C=O) groups is 1. The standard InChI is InChI=1S/C13H9N3O2/c14-6-8-2-1-3-9(4-8)11-7-16-12(15)5-10(11)13(17)18/h1-5,7H,(H2,15,16)(H,17,18). The predicted molar refractivity (Wildman–Crippen MR) is 65.8 cm³/mol. The van der Waals surface area contributed by atoms with E-state index in [4.69, 9.17) is 16.1 Å². The zero-order valence-corrected chi connectivity index (χ0v) is 9.29. The van der Waals surface area contributed by atoms with Crippen LogP contribution in [0.3, 0.4) is 0 Å². The average Bonchev–Trinajstić information content (AvgIpc) is 2.38. The first-order chi connectivity index (χ1) is 8.61. The minimum atomic E-state index is -1.08. The van der Waals surface area contributed by atoms with Gasteiger partial charge in [0.2, 0.25) is 0 Å². The molecule has 0 saturated carbocycles. The second-order valence-corrected chi connectivity index (χ2v) is 3.65. The summed E-state index contributed by atoms with van der Waals surface area (Å²) in [7, 11) is 0. The molecule has 0 bridgehead atoms. The molecule has 0 spiro atoms. The Labute approximate surface area is 103 Å². The first-order valence-corrected chi connectivity index (χ1v) is 5.11. The number of rotatable bonds is 2. The van der Waals surface area contributed by atoms with E-state index in [1.807, 2.05) is 6.07 Å². The van der Waals surface area contributed by atoms with E-state index < -0.39 is 5.97 Å². The molecule has 5 nitrogen and oxygen atoms in total. The van der Waals surface area contributed by atoms with Crippen LogP contribution >= 0.6 is 0 Å². The maximum Gasteiger partial charge on any atom is 0.336 e. The van der Waals surface area contributed by atoms with Crippen molar-refractivity contribution in [1.29, 1.82) is 5.26 Å². The first-order valence-electron chi connectivity index (χ1n) is 5.11. The van der Waals surface area contributed by atoms with Crippen LogP contribution in [-0.2, 0) is 0 Å². The van der Waals surface area contributed by atoms with Gasteiger partial charge in [-0.3, -0.25) is 0 Å². The molecule has 5 heteroatoms. The maximum absolute atomic E-state index is 11.2. The Balaban J connectivity index is 2.63. The number of hydrogen-bond donors (Lipinski definition) is 2. The van der Waals surface area contributed by atoms with Crippen molar-refractivity contribution in [3.8, 4) is 17.2 Å². The van der Waals surface area contributed by atoms with Crippen molar-refractivity contribution in [1.82, 2.24) is 4.98 Å². The summed E-state index contributed by atoms with van der Waals surface area (Å²) >= 11 is 0. The molecule has 0 aliphatic rings. The van der Waals surface area contributed by atoms with Crippen molar-refractivity contribution in [3.05, 3.63) is 47.7 Å². The number of pyridine rings is 1. The second-order valence-electron chi connectivity index (χ2n) is 3.65. The number of nitrogens with two attached hydrogens (primary N) is 1. The minimum absolute atomic E-state index is 0.0672. The number of anilines is 1. The van der Waals surface area contributed by atoms with E-state index in [-0.39, 0.29) is 11.4 Å². The molecule has 2 rings (SSSR count). The van der Waals surface area contributed by atoms with Crippen molar-refractivity contribution in [2.75, 3.05) is 5.73 Å². The van der Waals surface area contributed by atoms with Gasteiger partial charge in [-0.15, -0.1) is 0 Å². The predicted octanol–water partition coefficient (Wildman–Crippen LogP) is 1.90. The molecular formula is C13H9N3O2. The second kappa shape index (κ2) is 4.55. The summed E-state index contributed by atoms with van der Waals surface area (Å²) in [5, 5.41) is 18.0. The zero-order valence-electron chi connectivity index (χ0n) is 9.29. The third-order valence-corrected chi connectivity index (χ3v) is 2.46. The largest absolute Gasteiger partial charge is 0.478 e. The number of hydrogen-bond acceptors (Lipinski definition) is 4. The smallest absolute Gasteiger partial charge is 0.336 e. The number of nitrogen functional groups attached to an aromatic ring is 1. The van der Waals surface area contributed by atoms with E-state index in [2.05, 4.69) is 4.98 Å². The Morgan fingerprint density at radius 3 is 2.83 bits per heavy atom. The highest BCUT2D eigenvalue weighted by Gasteiger charge is 2.13. The third kappa shape index (κ3) is 2.13. The Kier molecular flexibility index (Phi) is 2.94. The Hall–Kier alpha value is -2.87. The molecule has 88 valence electrons. The van der Waals surface area contributed by atoms with Crippen molar-refractivity contribution < 1.29 is 9.90 Å². The van der Waals surface area contributed by atoms with E-state index >= 15 is 0 Å². The Morgan fingerprint density at radius 2 is 2.17 bits per heavy atom. The summed E-state index contributed by atoms with van der Waals surface area (Å²) < 4.78 is 0. The fraction of sp³-hybridized carbons (Fsp3) is 0. The van der Waals surface area contributed by atoms with Crippen LogP contribution in [0.15, 0.2) is 36.5 Å². The summed E-state index contributed by atoms with van der Waals surface area (Å²) in [5.74, 6) is -0.936. The highest BCUT2D eigenvalue weighted by molar-refractivity contribution is 5.96. The Bertz CT molecular complexity index is 660. The van der Waals surface area contributed by atoms with E-state index in [1.165, 1.54) is 12.3 Å². The normalized spacial score (nSPS) is 9.72. The van der Waals surface area contributed by atoms with Gasteiger partial charge in [-0.05, 0) is 23.8 Å². The minimum Gasteiger partial charge on any atom is -0.478 e. The van der Waals surface area contributed by atoms with E-state index in [0.717, 1.165) is 0 Å². The summed E-state index contributed by atoms with van der Waals surface area (Å²) in [4.78, 5) is 15.0. The molecule has 3 N–H and O–H groups in total. The number of benzene rings is 1. The highest BCUT2D eigenvalue weighted by Crippen LogP contribution is 2.25. The van der Waals surface area contributed by atoms with Crippen LogP contribution in [0.4, 0.5) is 5.82 Å². The van der Waals surface area contributed by atoms with Crippen LogP contribution in [0.5, 0.6) is 0 Å². The summed E-state index contributed by atoms with van der Waals surface area (Å²) in [6.07, 6.45) is 1.40. The van der Waals surface area contributed by atoms with Gasteiger partial charge in [0.25, 0.3) is 0 Å². The lowest BCUT2D eigenvalue weighted by Crippen LogP contribution is -2.03. The summed E-state index contributed by atoms with van der Waals surface area (Å²) in [6, 6.07) is 9.98. The lowest BCUT2D eigenvalue weighted by atomic mass is 10.0. The van der Waals surface area contributed by atoms with Gasteiger partial charge in [0.05, 0.1) is 17.2 Å². The lowest BCUT2D eigenvalue weighted by Gasteiger charge is -2.06. The molecule has 1 aromatic heterocycles. The average molecular weight is 239 g/mol. The van der Waals surface area contributed by atoms with Crippen LogP contribution in [0.2, 0.25) is 0 Å². The summed E-state index contributed by atoms with van der Waals surface area (Å²) in [6.45, 7) is 0. The van der Waals surface area contributed by atoms with E-state index in [0.29, 0.717) is 16.7 Å². The molecule has 1 aromatic carbocycles. The molecule has 0 aliphatic heterocycles. The molecular weight excluding hydrogens is 230 g/mol. The maximum atomic E-state index is 11.2. The van der Waals surface area contributed by atoms with E-state index in [1.54, 1.807) is 24.3 Å². The van der Waals surface area contributed by atoms with Gasteiger partial charge in [0.1, 0.15) is 5.82 Å². The molecule has 1 heterocycles. The van der Waals surface area contributed by atoms with Crippen LogP contribution in [0.1, 0.15) is 15.9 Å². The van der Waals surface area contributed by atoms with E-state index in [9.17, 15) is 4.79 Å². The lowest BCUT2D eigenvalue weighted by molar-refractivity contribution is 0.0697. The fourth-order valence-electron chi connectivity index (χ4n) is 1.63. The van der Waals surface area contributed by atoms with Crippen molar-refractivity contribution >= 4 is 11.8 Å². The number of aromatic carboxylic acids is 1. The number of carboxylic acids is 1.